The molecule has 28 heavy (non-hydrogen) atoms. The van der Waals surface area contributed by atoms with Gasteiger partial charge in [-0.2, -0.15) is 0 Å². The summed E-state index contributed by atoms with van der Waals surface area (Å²) in [6.07, 6.45) is 2.81. The number of nitro benzene ring substituents is 1. The molecule has 9 nitrogen and oxygen atoms in total. The lowest BCUT2D eigenvalue weighted by Gasteiger charge is -2.19. The van der Waals surface area contributed by atoms with Crippen LogP contribution in [0.1, 0.15) is 29.6 Å². The summed E-state index contributed by atoms with van der Waals surface area (Å²) < 4.78 is 4.92. The number of hydrogen-bond donors (Lipinski definition) is 0. The molecule has 0 spiro atoms. The molecule has 0 aromatic heterocycles. The minimum Gasteiger partial charge on any atom is -0.456 e. The van der Waals surface area contributed by atoms with Gasteiger partial charge in [0.15, 0.2) is 12.4 Å². The maximum absolute atomic E-state index is 12.5. The predicted octanol–water partition coefficient (Wildman–Crippen LogP) is 1.35. The number of ether oxygens (including phenoxy) is 1. The number of benzene rings is 1. The zero-order valence-electron chi connectivity index (χ0n) is 14.9. The fraction of sp³-hybridized carbons (Fsp3) is 0.474. The van der Waals surface area contributed by atoms with Crippen LogP contribution in [0.15, 0.2) is 24.3 Å². The molecule has 146 valence electrons. The minimum absolute atomic E-state index is 0.154. The van der Waals surface area contributed by atoms with Gasteiger partial charge in [-0.15, -0.1) is 0 Å². The highest BCUT2D eigenvalue weighted by Crippen LogP contribution is 2.56. The van der Waals surface area contributed by atoms with Crippen LogP contribution < -0.4 is 0 Å². The third kappa shape index (κ3) is 2.96. The summed E-state index contributed by atoms with van der Waals surface area (Å²) in [6, 6.07) is 4.92. The summed E-state index contributed by atoms with van der Waals surface area (Å²) >= 11 is 0. The Hall–Kier alpha value is -3.10. The van der Waals surface area contributed by atoms with Gasteiger partial charge in [0.25, 0.3) is 5.69 Å². The molecular formula is C19H18N2O7. The number of rotatable bonds is 6. The molecule has 9 heteroatoms. The number of nitrogens with zero attached hydrogens (tertiary/aromatic N) is 2. The van der Waals surface area contributed by atoms with Gasteiger partial charge in [-0.25, -0.2) is 0 Å². The van der Waals surface area contributed by atoms with Crippen LogP contribution in [0, 0.1) is 33.8 Å². The van der Waals surface area contributed by atoms with Gasteiger partial charge in [0.05, 0.1) is 16.8 Å². The fourth-order valence-corrected chi connectivity index (χ4v) is 4.80. The van der Waals surface area contributed by atoms with Crippen LogP contribution in [-0.2, 0) is 19.1 Å². The molecule has 2 aliphatic carbocycles. The molecule has 4 atom stereocenters. The number of likely N-dealkylation sites (tertiary alicyclic amines) is 1. The first kappa shape index (κ1) is 18.3. The van der Waals surface area contributed by atoms with E-state index in [4.69, 9.17) is 4.74 Å². The van der Waals surface area contributed by atoms with E-state index in [9.17, 15) is 29.3 Å². The molecule has 1 aromatic rings. The van der Waals surface area contributed by atoms with Gasteiger partial charge in [-0.1, -0.05) is 0 Å². The van der Waals surface area contributed by atoms with Gasteiger partial charge in [-0.3, -0.25) is 34.2 Å². The third-order valence-electron chi connectivity index (χ3n) is 6.07. The standard InChI is InChI=1S/C19H18N2O7/c22-14(10-3-5-13(6-4-10)21(26)27)9-28-15(23)8-20-18(24)16-11-1-2-12(7-11)17(16)19(20)25/h3-6,11-12,16-17H,1-2,7-9H2/t11-,12-,16-,17+/m0/s1. The van der Waals surface area contributed by atoms with Crippen molar-refractivity contribution in [3.63, 3.8) is 0 Å². The van der Waals surface area contributed by atoms with Crippen molar-refractivity contribution < 1.29 is 28.8 Å². The van der Waals surface area contributed by atoms with Gasteiger partial charge in [0.2, 0.25) is 11.8 Å². The smallest absolute Gasteiger partial charge is 0.326 e. The molecule has 0 unspecified atom stereocenters. The molecule has 4 rings (SSSR count). The van der Waals surface area contributed by atoms with E-state index in [2.05, 4.69) is 0 Å². The fourth-order valence-electron chi connectivity index (χ4n) is 4.80. The minimum atomic E-state index is -0.829. The van der Waals surface area contributed by atoms with Crippen LogP contribution in [0.5, 0.6) is 0 Å². The molecular weight excluding hydrogens is 368 g/mol. The number of amides is 2. The quantitative estimate of drug-likeness (QED) is 0.238. The van der Waals surface area contributed by atoms with Gasteiger partial charge in [0, 0.05) is 17.7 Å². The Kier molecular flexibility index (Phi) is 4.44. The van der Waals surface area contributed by atoms with E-state index in [-0.39, 0.29) is 46.7 Å². The Labute approximate surface area is 159 Å². The van der Waals surface area contributed by atoms with Crippen LogP contribution in [0.4, 0.5) is 5.69 Å². The summed E-state index contributed by atoms with van der Waals surface area (Å²) in [4.78, 5) is 60.2. The van der Waals surface area contributed by atoms with E-state index >= 15 is 0 Å². The zero-order valence-corrected chi connectivity index (χ0v) is 14.9. The molecule has 1 heterocycles. The van der Waals surface area contributed by atoms with E-state index < -0.39 is 29.8 Å². The molecule has 1 aromatic carbocycles. The highest BCUT2D eigenvalue weighted by atomic mass is 16.6. The monoisotopic (exact) mass is 386 g/mol. The second kappa shape index (κ2) is 6.81. The third-order valence-corrected chi connectivity index (χ3v) is 6.07. The maximum atomic E-state index is 12.5. The first-order valence-corrected chi connectivity index (χ1v) is 9.15. The highest BCUT2D eigenvalue weighted by molar-refractivity contribution is 6.08. The molecule has 2 saturated carbocycles. The number of Topliss-reactive ketones (excluding diaryl/α,β-unsaturated/α-hetero) is 1. The Morgan fingerprint density at radius 2 is 1.64 bits per heavy atom. The molecule has 3 fully saturated rings. The summed E-state index contributed by atoms with van der Waals surface area (Å²) in [7, 11) is 0. The van der Waals surface area contributed by atoms with E-state index in [0.717, 1.165) is 24.2 Å². The second-order valence-electron chi connectivity index (χ2n) is 7.54. The Bertz CT molecular complexity index is 851. The number of esters is 1. The SMILES string of the molecule is O=C(CN1C(=O)[C@@H]2[C@H]3CC[C@@H](C3)[C@@H]2C1=O)OCC(=O)c1ccc([N+](=O)[O-])cc1. The molecule has 0 radical (unpaired) electrons. The van der Waals surface area contributed by atoms with Gasteiger partial charge in [0.1, 0.15) is 6.54 Å². The van der Waals surface area contributed by atoms with Crippen molar-refractivity contribution in [1.82, 2.24) is 4.90 Å². The van der Waals surface area contributed by atoms with Gasteiger partial charge in [-0.05, 0) is 43.2 Å². The van der Waals surface area contributed by atoms with Crippen LogP contribution in [0.2, 0.25) is 0 Å². The van der Waals surface area contributed by atoms with Crippen LogP contribution in [0.3, 0.4) is 0 Å². The molecule has 1 aliphatic heterocycles. The number of ketones is 1. The lowest BCUT2D eigenvalue weighted by molar-refractivity contribution is -0.384. The van der Waals surface area contributed by atoms with Gasteiger partial charge < -0.3 is 4.74 Å². The Morgan fingerprint density at radius 1 is 1.07 bits per heavy atom. The van der Waals surface area contributed by atoms with Crippen LogP contribution in [0.25, 0.3) is 0 Å². The molecule has 0 N–H and O–H groups in total. The molecule has 1 saturated heterocycles. The van der Waals surface area contributed by atoms with Crippen molar-refractivity contribution in [2.45, 2.75) is 19.3 Å². The van der Waals surface area contributed by atoms with Crippen molar-refractivity contribution in [1.29, 1.82) is 0 Å². The van der Waals surface area contributed by atoms with Gasteiger partial charge >= 0.3 is 5.97 Å². The molecule has 3 aliphatic rings. The maximum Gasteiger partial charge on any atom is 0.326 e. The number of non-ortho nitro benzene ring substituents is 1. The largest absolute Gasteiger partial charge is 0.456 e. The van der Waals surface area contributed by atoms with E-state index in [1.807, 2.05) is 0 Å². The Morgan fingerprint density at radius 3 is 2.18 bits per heavy atom. The number of carbonyl (C=O) groups excluding carboxylic acids is 4. The number of imide groups is 1. The zero-order chi connectivity index (χ0) is 20.0. The highest BCUT2D eigenvalue weighted by Gasteiger charge is 2.61. The topological polar surface area (TPSA) is 124 Å². The first-order chi connectivity index (χ1) is 13.4. The normalized spacial score (nSPS) is 27.8. The van der Waals surface area contributed by atoms with Crippen LogP contribution in [-0.4, -0.2) is 46.5 Å². The Balaban J connectivity index is 1.32. The van der Waals surface area contributed by atoms with Crippen LogP contribution >= 0.6 is 0 Å². The number of carbonyl (C=O) groups is 4. The van der Waals surface area contributed by atoms with Crippen molar-refractivity contribution in [2.24, 2.45) is 23.7 Å². The van der Waals surface area contributed by atoms with E-state index in [1.165, 1.54) is 24.3 Å². The van der Waals surface area contributed by atoms with E-state index in [1.54, 1.807) is 0 Å². The number of hydrogen-bond acceptors (Lipinski definition) is 7. The average molecular weight is 386 g/mol. The lowest BCUT2D eigenvalue weighted by atomic mass is 9.81. The average Bonchev–Trinajstić information content (AvgIpc) is 3.36. The summed E-state index contributed by atoms with van der Waals surface area (Å²) in [6.45, 7) is -1.05. The number of fused-ring (bicyclic) bond motifs is 5. The number of nitro groups is 1. The molecule has 2 amide bonds. The predicted molar refractivity (Wildman–Crippen MR) is 92.9 cm³/mol. The van der Waals surface area contributed by atoms with Crippen molar-refractivity contribution in [2.75, 3.05) is 13.2 Å². The molecule has 2 bridgehead atoms. The van der Waals surface area contributed by atoms with Crippen molar-refractivity contribution >= 4 is 29.3 Å². The van der Waals surface area contributed by atoms with Crippen molar-refractivity contribution in [3.8, 4) is 0 Å². The summed E-state index contributed by atoms with van der Waals surface area (Å²) in [5.41, 5.74) is 0.0111. The van der Waals surface area contributed by atoms with Crippen molar-refractivity contribution in [3.05, 3.63) is 39.9 Å². The second-order valence-corrected chi connectivity index (χ2v) is 7.54. The summed E-state index contributed by atoms with van der Waals surface area (Å²) in [5.74, 6) is -2.11. The lowest BCUT2D eigenvalue weighted by Crippen LogP contribution is -2.38. The first-order valence-electron chi connectivity index (χ1n) is 9.15. The summed E-state index contributed by atoms with van der Waals surface area (Å²) in [5, 5.41) is 10.6. The van der Waals surface area contributed by atoms with E-state index in [0.29, 0.717) is 0 Å².